The van der Waals surface area contributed by atoms with Crippen LogP contribution in [0.4, 0.5) is 0 Å². The molecule has 3 aromatic rings. The van der Waals surface area contributed by atoms with E-state index >= 15 is 0 Å². The van der Waals surface area contributed by atoms with Crippen LogP contribution in [0.1, 0.15) is 18.1 Å². The molecule has 0 aliphatic carbocycles. The first-order valence-corrected chi connectivity index (χ1v) is 10.8. The summed E-state index contributed by atoms with van der Waals surface area (Å²) in [6, 6.07) is 27.3. The molecule has 4 rings (SSSR count). The highest BCUT2D eigenvalue weighted by Gasteiger charge is 2.67. The zero-order chi connectivity index (χ0) is 23.5. The van der Waals surface area contributed by atoms with Gasteiger partial charge in [-0.1, -0.05) is 91.0 Å². The molecule has 1 saturated heterocycles. The van der Waals surface area contributed by atoms with Crippen molar-refractivity contribution in [3.63, 3.8) is 0 Å². The van der Waals surface area contributed by atoms with Crippen LogP contribution in [0.3, 0.4) is 0 Å². The van der Waals surface area contributed by atoms with Gasteiger partial charge >= 0.3 is 0 Å². The van der Waals surface area contributed by atoms with Gasteiger partial charge in [-0.05, 0) is 16.7 Å². The second-order valence-corrected chi connectivity index (χ2v) is 8.47. The topological polar surface area (TPSA) is 90.2 Å². The number of hydrogen-bond acceptors (Lipinski definition) is 5. The largest absolute Gasteiger partial charge is 0.394 e. The van der Waals surface area contributed by atoms with Crippen molar-refractivity contribution in [3.05, 3.63) is 108 Å². The van der Waals surface area contributed by atoms with Gasteiger partial charge in [-0.3, -0.25) is 0 Å². The summed E-state index contributed by atoms with van der Waals surface area (Å²) in [5.74, 6) is 0. The Morgan fingerprint density at radius 3 is 1.78 bits per heavy atom. The Kier molecular flexibility index (Phi) is 6.35. The molecule has 0 aromatic heterocycles. The van der Waals surface area contributed by atoms with Crippen LogP contribution in [0.2, 0.25) is 0 Å². The van der Waals surface area contributed by atoms with Crippen LogP contribution in [-0.4, -0.2) is 56.5 Å². The summed E-state index contributed by atoms with van der Waals surface area (Å²) in [5.41, 5.74) is -1.85. The number of benzene rings is 3. The highest BCUT2D eigenvalue weighted by atomic mass is 16.6. The van der Waals surface area contributed by atoms with E-state index in [1.807, 2.05) is 78.9 Å². The van der Waals surface area contributed by atoms with Crippen LogP contribution in [0, 0.1) is 0 Å². The van der Waals surface area contributed by atoms with Crippen LogP contribution in [0.5, 0.6) is 0 Å². The fourth-order valence-electron chi connectivity index (χ4n) is 4.69. The van der Waals surface area contributed by atoms with Crippen molar-refractivity contribution in [2.75, 3.05) is 6.61 Å². The predicted octanol–water partition coefficient (Wildman–Crippen LogP) is 2.30. The standard InChI is InChI=1S/C27H30O5/c28-19-23-25(30)26(31,17-21-12-6-2-7-13-21)27(32-23,18-22-14-8-3-9-15-22)24(29)16-20-10-4-1-5-11-20/h1-15,23-25,28-31H,16-19H2/t23-,24?,25-,26+,27?/m1/s1/i24D. The first-order chi connectivity index (χ1) is 15.8. The fraction of sp³-hybridized carbons (Fsp3) is 0.333. The van der Waals surface area contributed by atoms with Crippen LogP contribution >= 0.6 is 0 Å². The van der Waals surface area contributed by atoms with Crippen molar-refractivity contribution in [2.24, 2.45) is 0 Å². The predicted molar refractivity (Wildman–Crippen MR) is 122 cm³/mol. The molecule has 5 atom stereocenters. The van der Waals surface area contributed by atoms with Crippen LogP contribution in [0.25, 0.3) is 0 Å². The summed E-state index contributed by atoms with van der Waals surface area (Å²) in [6.07, 6.45) is -5.23. The molecule has 0 amide bonds. The Labute approximate surface area is 190 Å². The highest BCUT2D eigenvalue weighted by molar-refractivity contribution is 5.30. The Morgan fingerprint density at radius 2 is 1.28 bits per heavy atom. The molecule has 3 aromatic carbocycles. The maximum atomic E-state index is 12.1. The molecule has 1 fully saturated rings. The molecule has 5 heteroatoms. The minimum atomic E-state index is -2.33. The van der Waals surface area contributed by atoms with Gasteiger partial charge in [0.1, 0.15) is 23.4 Å². The van der Waals surface area contributed by atoms with E-state index in [2.05, 4.69) is 0 Å². The van der Waals surface area contributed by atoms with E-state index in [9.17, 15) is 20.4 Å². The maximum Gasteiger partial charge on any atom is 0.130 e. The second kappa shape index (κ2) is 9.53. The van der Waals surface area contributed by atoms with Crippen LogP contribution < -0.4 is 0 Å². The van der Waals surface area contributed by atoms with Gasteiger partial charge in [0, 0.05) is 19.3 Å². The van der Waals surface area contributed by atoms with Crippen LogP contribution in [-0.2, 0) is 24.0 Å². The van der Waals surface area contributed by atoms with E-state index in [0.29, 0.717) is 11.1 Å². The zero-order valence-corrected chi connectivity index (χ0v) is 17.8. The lowest BCUT2D eigenvalue weighted by Crippen LogP contribution is -2.65. The van der Waals surface area contributed by atoms with E-state index < -0.39 is 36.1 Å². The molecule has 0 spiro atoms. The lowest BCUT2D eigenvalue weighted by Gasteiger charge is -2.45. The minimum Gasteiger partial charge on any atom is -0.394 e. The lowest BCUT2D eigenvalue weighted by molar-refractivity contribution is -0.195. The monoisotopic (exact) mass is 435 g/mol. The first kappa shape index (κ1) is 21.3. The third-order valence-electron chi connectivity index (χ3n) is 6.37. The van der Waals surface area contributed by atoms with Crippen LogP contribution in [0.15, 0.2) is 91.0 Å². The fourth-order valence-corrected chi connectivity index (χ4v) is 4.69. The summed E-state index contributed by atoms with van der Waals surface area (Å²) in [6.45, 7) is -0.559. The molecule has 1 aliphatic rings. The lowest BCUT2D eigenvalue weighted by atomic mass is 9.69. The zero-order valence-electron chi connectivity index (χ0n) is 18.8. The molecular weight excluding hydrogens is 404 g/mol. The third-order valence-corrected chi connectivity index (χ3v) is 6.37. The van der Waals surface area contributed by atoms with Gasteiger partial charge in [-0.15, -0.1) is 0 Å². The Morgan fingerprint density at radius 1 is 0.812 bits per heavy atom. The van der Waals surface area contributed by atoms with Crippen molar-refractivity contribution in [3.8, 4) is 0 Å². The number of rotatable bonds is 8. The van der Waals surface area contributed by atoms with Gasteiger partial charge in [-0.2, -0.15) is 0 Å². The third kappa shape index (κ3) is 4.22. The summed E-state index contributed by atoms with van der Waals surface area (Å²) in [5, 5.41) is 45.0. The summed E-state index contributed by atoms with van der Waals surface area (Å²) < 4.78 is 15.3. The summed E-state index contributed by atoms with van der Waals surface area (Å²) >= 11 is 0. The summed E-state index contributed by atoms with van der Waals surface area (Å²) in [4.78, 5) is 0. The van der Waals surface area contributed by atoms with E-state index in [4.69, 9.17) is 6.11 Å². The van der Waals surface area contributed by atoms with Crippen molar-refractivity contribution in [2.45, 2.75) is 48.8 Å². The molecule has 5 nitrogen and oxygen atoms in total. The van der Waals surface area contributed by atoms with Crippen molar-refractivity contribution in [1.29, 1.82) is 0 Å². The van der Waals surface area contributed by atoms with E-state index in [-0.39, 0.29) is 19.3 Å². The van der Waals surface area contributed by atoms with E-state index in [1.54, 1.807) is 12.1 Å². The molecule has 0 radical (unpaired) electrons. The molecule has 168 valence electrons. The first-order valence-electron chi connectivity index (χ1n) is 11.3. The van der Waals surface area contributed by atoms with Gasteiger partial charge in [0.15, 0.2) is 0 Å². The quantitative estimate of drug-likeness (QED) is 0.436. The molecule has 0 saturated carbocycles. The number of aliphatic hydroxyl groups excluding tert-OH is 2. The minimum absolute atomic E-state index is 0.0302. The molecule has 0 bridgehead atoms. The average molecular weight is 436 g/mol. The highest BCUT2D eigenvalue weighted by Crippen LogP contribution is 2.47. The van der Waals surface area contributed by atoms with Gasteiger partial charge < -0.3 is 25.2 Å². The molecule has 2 unspecified atom stereocenters. The average Bonchev–Trinajstić information content (AvgIpc) is 3.03. The number of ether oxygens (including phenoxy) is 1. The van der Waals surface area contributed by atoms with E-state index in [0.717, 1.165) is 5.56 Å². The Hall–Kier alpha value is -2.54. The van der Waals surface area contributed by atoms with Gasteiger partial charge in [0.2, 0.25) is 0 Å². The summed E-state index contributed by atoms with van der Waals surface area (Å²) in [7, 11) is 0. The smallest absolute Gasteiger partial charge is 0.130 e. The Balaban J connectivity index is 1.86. The van der Waals surface area contributed by atoms with Crippen molar-refractivity contribution < 1.29 is 26.5 Å². The van der Waals surface area contributed by atoms with E-state index in [1.165, 1.54) is 0 Å². The van der Waals surface area contributed by atoms with Crippen molar-refractivity contribution in [1.82, 2.24) is 0 Å². The molecule has 32 heavy (non-hydrogen) atoms. The molecule has 1 heterocycles. The molecule has 1 aliphatic heterocycles. The SMILES string of the molecule is [2H]C(O)(Cc1ccccc1)C1(Cc2ccccc2)O[C@H](CO)[C@@H](O)[C@@]1(O)Cc1ccccc1. The normalized spacial score (nSPS) is 29.9. The Bertz CT molecular complexity index is 1030. The number of aliphatic hydroxyl groups is 4. The number of hydrogen-bond donors (Lipinski definition) is 4. The molecular formula is C27H30O5. The van der Waals surface area contributed by atoms with Gasteiger partial charge in [-0.25, -0.2) is 0 Å². The van der Waals surface area contributed by atoms with Gasteiger partial charge in [0.25, 0.3) is 0 Å². The second-order valence-electron chi connectivity index (χ2n) is 8.47. The van der Waals surface area contributed by atoms with Crippen molar-refractivity contribution >= 4 is 0 Å². The molecule has 4 N–H and O–H groups in total. The van der Waals surface area contributed by atoms with Gasteiger partial charge in [0.05, 0.1) is 14.1 Å². The maximum absolute atomic E-state index is 12.1.